The summed E-state index contributed by atoms with van der Waals surface area (Å²) < 4.78 is 102. The van der Waals surface area contributed by atoms with Crippen LogP contribution < -0.4 is 4.74 Å². The van der Waals surface area contributed by atoms with Crippen LogP contribution in [0.25, 0.3) is 0 Å². The lowest BCUT2D eigenvalue weighted by Gasteiger charge is -2.34. The fourth-order valence-electron chi connectivity index (χ4n) is 4.62. The second-order valence-corrected chi connectivity index (χ2v) is 10.4. The van der Waals surface area contributed by atoms with Crippen molar-refractivity contribution in [3.63, 3.8) is 0 Å². The maximum atomic E-state index is 15.0. The molecule has 3 aromatic carbocycles. The molecule has 3 nitrogen and oxygen atoms in total. The molecule has 11 heteroatoms. The number of hydrogen-bond acceptors (Lipinski definition) is 3. The molecule has 0 saturated heterocycles. The number of nitrogens with zero attached hydrogens (tertiary/aromatic N) is 1. The van der Waals surface area contributed by atoms with Crippen LogP contribution in [0.3, 0.4) is 0 Å². The van der Waals surface area contributed by atoms with Crippen molar-refractivity contribution in [2.45, 2.75) is 37.3 Å². The zero-order valence-electron chi connectivity index (χ0n) is 22.0. The average molecular weight is 610 g/mol. The van der Waals surface area contributed by atoms with E-state index in [-0.39, 0.29) is 28.5 Å². The average Bonchev–Trinajstić information content (AvgIpc) is 2.91. The topological polar surface area (TPSA) is 39.2 Å². The molecular weight excluding hydrogens is 587 g/mol. The number of pyridine rings is 1. The number of ketones is 1. The second kappa shape index (κ2) is 12.1. The lowest BCUT2D eigenvalue weighted by Crippen LogP contribution is -2.35. The number of Topliss-reactive ketones (excluding diaryl/α,β-unsaturated/α-hetero) is 1. The lowest BCUT2D eigenvalue weighted by atomic mass is 9.68. The monoisotopic (exact) mass is 609 g/mol. The van der Waals surface area contributed by atoms with Crippen molar-refractivity contribution in [1.29, 1.82) is 0 Å². The number of ether oxygens (including phenoxy) is 1. The van der Waals surface area contributed by atoms with Gasteiger partial charge in [0.05, 0.1) is 16.3 Å². The number of benzene rings is 3. The zero-order chi connectivity index (χ0) is 30.7. The third-order valence-corrected chi connectivity index (χ3v) is 6.76. The fraction of sp³-hybridized carbons (Fsp3) is 0.226. The molecule has 0 amide bonds. The van der Waals surface area contributed by atoms with Gasteiger partial charge in [0.1, 0.15) is 17.4 Å². The normalized spacial score (nSPS) is 13.5. The number of rotatable bonds is 10. The number of aromatic nitrogens is 1. The van der Waals surface area contributed by atoms with Gasteiger partial charge >= 0.3 is 6.18 Å². The lowest BCUT2D eigenvalue weighted by molar-refractivity contribution is -0.140. The first-order valence-electron chi connectivity index (χ1n) is 12.5. The summed E-state index contributed by atoms with van der Waals surface area (Å²) in [6.45, 7) is -0.434. The Kier molecular flexibility index (Phi) is 8.96. The fourth-order valence-corrected chi connectivity index (χ4v) is 4.74. The third-order valence-electron chi connectivity index (χ3n) is 6.54. The summed E-state index contributed by atoms with van der Waals surface area (Å²) in [5.41, 5.74) is -2.70. The van der Waals surface area contributed by atoms with E-state index in [1.807, 2.05) is 0 Å². The molecule has 4 aromatic rings. The number of carbonyl (C=O) groups is 1. The van der Waals surface area contributed by atoms with Crippen LogP contribution in [0.4, 0.5) is 30.7 Å². The molecule has 220 valence electrons. The molecule has 1 aromatic heterocycles. The first-order chi connectivity index (χ1) is 19.7. The van der Waals surface area contributed by atoms with E-state index in [2.05, 4.69) is 4.98 Å². The van der Waals surface area contributed by atoms with Crippen molar-refractivity contribution in [2.24, 2.45) is 0 Å². The maximum Gasteiger partial charge on any atom is 0.419 e. The van der Waals surface area contributed by atoms with Crippen LogP contribution in [0.5, 0.6) is 5.75 Å². The van der Waals surface area contributed by atoms with Crippen LogP contribution in [-0.4, -0.2) is 23.3 Å². The first kappa shape index (κ1) is 31.0. The molecule has 42 heavy (non-hydrogen) atoms. The van der Waals surface area contributed by atoms with Crippen molar-refractivity contribution in [2.75, 3.05) is 6.61 Å². The standard InChI is InChI=1S/C31H23ClF7NO2/c1-29(35,36)18-42-24-13-21(12-23(33)14-24)30(15-19-5-3-2-4-6-19,28-10-8-22(32)17-40-28)16-27(41)20-7-9-26(34)25(11-20)31(37,38)39/h2-14,17H,15-16,18H2,1H3. The third kappa shape index (κ3) is 7.47. The molecule has 0 N–H and O–H groups in total. The molecule has 1 unspecified atom stereocenters. The molecular formula is C31H23ClF7NO2. The quantitative estimate of drug-likeness (QED) is 0.133. The predicted octanol–water partition coefficient (Wildman–Crippen LogP) is 8.87. The molecule has 0 aliphatic rings. The summed E-state index contributed by atoms with van der Waals surface area (Å²) in [6.07, 6.45) is -4.36. The maximum absolute atomic E-state index is 15.0. The summed E-state index contributed by atoms with van der Waals surface area (Å²) in [7, 11) is 0. The van der Waals surface area contributed by atoms with Gasteiger partial charge in [-0.1, -0.05) is 41.9 Å². The highest BCUT2D eigenvalue weighted by Gasteiger charge is 2.41. The molecule has 0 spiro atoms. The van der Waals surface area contributed by atoms with E-state index in [1.54, 1.807) is 30.3 Å². The van der Waals surface area contributed by atoms with Gasteiger partial charge in [-0.15, -0.1) is 0 Å². The Bertz CT molecular complexity index is 1550. The van der Waals surface area contributed by atoms with E-state index in [4.69, 9.17) is 16.3 Å². The van der Waals surface area contributed by atoms with Gasteiger partial charge in [0.2, 0.25) is 0 Å². The van der Waals surface area contributed by atoms with Crippen LogP contribution in [0, 0.1) is 11.6 Å². The van der Waals surface area contributed by atoms with E-state index in [0.29, 0.717) is 24.6 Å². The van der Waals surface area contributed by atoms with Crippen LogP contribution in [0.2, 0.25) is 5.02 Å². The Morgan fingerprint density at radius 1 is 0.905 bits per heavy atom. The van der Waals surface area contributed by atoms with Crippen molar-refractivity contribution >= 4 is 17.4 Å². The van der Waals surface area contributed by atoms with Gasteiger partial charge in [0, 0.05) is 36.6 Å². The van der Waals surface area contributed by atoms with Crippen molar-refractivity contribution in [1.82, 2.24) is 4.98 Å². The highest BCUT2D eigenvalue weighted by molar-refractivity contribution is 6.30. The SMILES string of the molecule is CC(F)(F)COc1cc(F)cc(C(CC(=O)c2ccc(F)c(C(F)(F)F)c2)(Cc2ccccc2)c2ccc(Cl)cn2)c1. The highest BCUT2D eigenvalue weighted by Crippen LogP contribution is 2.42. The number of alkyl halides is 5. The number of carbonyl (C=O) groups excluding carboxylic acids is 1. The van der Waals surface area contributed by atoms with Gasteiger partial charge in [0.25, 0.3) is 5.92 Å². The Morgan fingerprint density at radius 3 is 2.24 bits per heavy atom. The Labute approximate surface area is 241 Å². The smallest absolute Gasteiger partial charge is 0.419 e. The molecule has 0 aliphatic heterocycles. The Balaban J connectivity index is 1.93. The van der Waals surface area contributed by atoms with Crippen LogP contribution in [-0.2, 0) is 18.0 Å². The minimum atomic E-state index is -5.06. The molecule has 0 bridgehead atoms. The largest absolute Gasteiger partial charge is 0.487 e. The minimum Gasteiger partial charge on any atom is -0.487 e. The molecule has 1 heterocycles. The molecule has 1 atom stereocenters. The predicted molar refractivity (Wildman–Crippen MR) is 143 cm³/mol. The summed E-state index contributed by atoms with van der Waals surface area (Å²) in [5, 5.41) is 0.237. The summed E-state index contributed by atoms with van der Waals surface area (Å²) in [4.78, 5) is 18.1. The number of halogens is 8. The summed E-state index contributed by atoms with van der Waals surface area (Å²) in [5.74, 6) is -6.75. The summed E-state index contributed by atoms with van der Waals surface area (Å²) in [6, 6.07) is 16.7. The van der Waals surface area contributed by atoms with Crippen molar-refractivity contribution in [3.8, 4) is 5.75 Å². The van der Waals surface area contributed by atoms with Gasteiger partial charge < -0.3 is 4.74 Å². The molecule has 0 aliphatic carbocycles. The van der Waals surface area contributed by atoms with Gasteiger partial charge in [-0.05, 0) is 60.0 Å². The van der Waals surface area contributed by atoms with Crippen LogP contribution >= 0.6 is 11.6 Å². The van der Waals surface area contributed by atoms with E-state index in [1.165, 1.54) is 24.4 Å². The Morgan fingerprint density at radius 2 is 1.62 bits per heavy atom. The van der Waals surface area contributed by atoms with Crippen LogP contribution in [0.15, 0.2) is 85.1 Å². The molecule has 0 fully saturated rings. The number of hydrogen-bond donors (Lipinski definition) is 0. The van der Waals surface area contributed by atoms with Crippen molar-refractivity contribution < 1.29 is 40.3 Å². The highest BCUT2D eigenvalue weighted by atomic mass is 35.5. The van der Waals surface area contributed by atoms with E-state index in [9.17, 15) is 31.1 Å². The molecule has 0 saturated carbocycles. The summed E-state index contributed by atoms with van der Waals surface area (Å²) >= 11 is 6.06. The van der Waals surface area contributed by atoms with Gasteiger partial charge in [-0.2, -0.15) is 13.2 Å². The minimum absolute atomic E-state index is 0.0195. The van der Waals surface area contributed by atoms with Gasteiger partial charge in [-0.25, -0.2) is 17.6 Å². The van der Waals surface area contributed by atoms with E-state index in [0.717, 1.165) is 18.2 Å². The first-order valence-corrected chi connectivity index (χ1v) is 12.9. The molecule has 0 radical (unpaired) electrons. The van der Waals surface area contributed by atoms with E-state index >= 15 is 4.39 Å². The second-order valence-electron chi connectivity index (χ2n) is 9.93. The van der Waals surface area contributed by atoms with Gasteiger partial charge in [0.15, 0.2) is 12.4 Å². The Hall–Kier alpha value is -3.92. The zero-order valence-corrected chi connectivity index (χ0v) is 22.7. The van der Waals surface area contributed by atoms with E-state index < -0.39 is 59.1 Å². The van der Waals surface area contributed by atoms with Crippen LogP contribution in [0.1, 0.15) is 46.1 Å². The van der Waals surface area contributed by atoms with Crippen molar-refractivity contribution in [3.05, 3.63) is 130 Å². The molecule has 4 rings (SSSR count). The van der Waals surface area contributed by atoms with Gasteiger partial charge in [-0.3, -0.25) is 9.78 Å².